The van der Waals surface area contributed by atoms with Crippen molar-refractivity contribution in [2.75, 3.05) is 0 Å². The summed E-state index contributed by atoms with van der Waals surface area (Å²) in [7, 11) is 0. The summed E-state index contributed by atoms with van der Waals surface area (Å²) in [6.45, 7) is 0. The minimum absolute atomic E-state index is 0.0186. The number of hydrogen-bond donors (Lipinski definition) is 1. The molecule has 1 aromatic carbocycles. The van der Waals surface area contributed by atoms with Crippen LogP contribution in [0.3, 0.4) is 0 Å². The molecule has 2 unspecified atom stereocenters. The third-order valence-electron chi connectivity index (χ3n) is 4.59. The van der Waals surface area contributed by atoms with Crippen molar-refractivity contribution in [2.45, 2.75) is 43.8 Å². The smallest absolute Gasteiger partial charge is 0.348 e. The fourth-order valence-corrected chi connectivity index (χ4v) is 3.35. The molecule has 0 saturated heterocycles. The lowest BCUT2D eigenvalue weighted by atomic mass is 9.81. The van der Waals surface area contributed by atoms with Gasteiger partial charge in [0.15, 0.2) is 0 Å². The van der Waals surface area contributed by atoms with Crippen molar-refractivity contribution in [1.29, 1.82) is 0 Å². The van der Waals surface area contributed by atoms with Gasteiger partial charge < -0.3 is 5.32 Å². The van der Waals surface area contributed by atoms with Crippen LogP contribution in [0.4, 0.5) is 13.2 Å². The van der Waals surface area contributed by atoms with Crippen LogP contribution >= 0.6 is 0 Å². The molecule has 1 fully saturated rings. The first-order chi connectivity index (χ1) is 11.9. The first-order valence-corrected chi connectivity index (χ1v) is 8.32. The fourth-order valence-electron chi connectivity index (χ4n) is 3.35. The first kappa shape index (κ1) is 17.5. The standard InChI is InChI=1S/C19H19F3N2O/c20-19(21,22)15-7-3-5-13(11-15)14-6-4-8-16(12-14)24-18(25)17-9-1-2-10-23-17/h1-3,5,7,9-11,14,16H,4,6,8,12H2,(H,24,25). The van der Waals surface area contributed by atoms with E-state index in [0.29, 0.717) is 17.7 Å². The zero-order valence-corrected chi connectivity index (χ0v) is 13.6. The summed E-state index contributed by atoms with van der Waals surface area (Å²) in [5, 5.41) is 2.96. The number of halogens is 3. The van der Waals surface area contributed by atoms with Gasteiger partial charge in [-0.15, -0.1) is 0 Å². The summed E-state index contributed by atoms with van der Waals surface area (Å²) in [6, 6.07) is 10.6. The lowest BCUT2D eigenvalue weighted by molar-refractivity contribution is -0.137. The van der Waals surface area contributed by atoms with E-state index in [1.807, 2.05) is 0 Å². The molecular formula is C19H19F3N2O. The van der Waals surface area contributed by atoms with E-state index in [1.165, 1.54) is 12.1 Å². The molecule has 6 heteroatoms. The van der Waals surface area contributed by atoms with Gasteiger partial charge in [-0.25, -0.2) is 0 Å². The normalized spacial score (nSPS) is 20.9. The van der Waals surface area contributed by atoms with E-state index in [0.717, 1.165) is 25.3 Å². The number of amides is 1. The Balaban J connectivity index is 1.68. The van der Waals surface area contributed by atoms with Crippen molar-refractivity contribution in [3.63, 3.8) is 0 Å². The minimum Gasteiger partial charge on any atom is -0.348 e. The second-order valence-corrected chi connectivity index (χ2v) is 6.37. The summed E-state index contributed by atoms with van der Waals surface area (Å²) in [5.74, 6) is -0.222. The molecule has 0 bridgehead atoms. The number of alkyl halides is 3. The lowest BCUT2D eigenvalue weighted by Gasteiger charge is -2.30. The molecule has 1 amide bonds. The van der Waals surface area contributed by atoms with Crippen LogP contribution in [0, 0.1) is 0 Å². The van der Waals surface area contributed by atoms with Gasteiger partial charge in [0.2, 0.25) is 0 Å². The van der Waals surface area contributed by atoms with E-state index < -0.39 is 11.7 Å². The number of nitrogens with zero attached hydrogens (tertiary/aromatic N) is 1. The predicted octanol–water partition coefficient (Wildman–Crippen LogP) is 4.56. The Morgan fingerprint density at radius 3 is 2.68 bits per heavy atom. The number of rotatable bonds is 3. The first-order valence-electron chi connectivity index (χ1n) is 8.32. The SMILES string of the molecule is O=C(NC1CCCC(c2cccc(C(F)(F)F)c2)C1)c1ccccn1. The van der Waals surface area contributed by atoms with Crippen LogP contribution in [0.5, 0.6) is 0 Å². The van der Waals surface area contributed by atoms with Crippen LogP contribution < -0.4 is 5.32 Å². The number of benzene rings is 1. The average molecular weight is 348 g/mol. The third kappa shape index (κ3) is 4.38. The Bertz CT molecular complexity index is 731. The monoisotopic (exact) mass is 348 g/mol. The van der Waals surface area contributed by atoms with Crippen LogP contribution in [0.1, 0.15) is 53.2 Å². The van der Waals surface area contributed by atoms with Gasteiger partial charge in [0.05, 0.1) is 5.56 Å². The summed E-state index contributed by atoms with van der Waals surface area (Å²) in [4.78, 5) is 16.2. The van der Waals surface area contributed by atoms with E-state index in [2.05, 4.69) is 10.3 Å². The fraction of sp³-hybridized carbons (Fsp3) is 0.368. The van der Waals surface area contributed by atoms with Gasteiger partial charge in [-0.3, -0.25) is 9.78 Å². The predicted molar refractivity (Wildman–Crippen MR) is 88.1 cm³/mol. The maximum atomic E-state index is 12.9. The van der Waals surface area contributed by atoms with Crippen molar-refractivity contribution in [1.82, 2.24) is 10.3 Å². The summed E-state index contributed by atoms with van der Waals surface area (Å²) >= 11 is 0. The molecule has 1 heterocycles. The zero-order chi connectivity index (χ0) is 17.9. The van der Waals surface area contributed by atoms with Crippen LogP contribution in [-0.4, -0.2) is 16.9 Å². The Labute approximate surface area is 144 Å². The second kappa shape index (κ2) is 7.25. The lowest BCUT2D eigenvalue weighted by Crippen LogP contribution is -2.38. The van der Waals surface area contributed by atoms with Crippen molar-refractivity contribution in [3.05, 3.63) is 65.5 Å². The van der Waals surface area contributed by atoms with E-state index in [9.17, 15) is 18.0 Å². The Morgan fingerprint density at radius 2 is 1.96 bits per heavy atom. The molecule has 0 aliphatic heterocycles. The molecule has 1 saturated carbocycles. The van der Waals surface area contributed by atoms with Gasteiger partial charge in [-0.1, -0.05) is 30.7 Å². The Kier molecular flexibility index (Phi) is 5.06. The maximum Gasteiger partial charge on any atom is 0.416 e. The molecule has 0 spiro atoms. The highest BCUT2D eigenvalue weighted by molar-refractivity contribution is 5.92. The number of hydrogen-bond acceptors (Lipinski definition) is 2. The van der Waals surface area contributed by atoms with Gasteiger partial charge >= 0.3 is 6.18 Å². The van der Waals surface area contributed by atoms with E-state index in [-0.39, 0.29) is 17.9 Å². The maximum absolute atomic E-state index is 12.9. The van der Waals surface area contributed by atoms with Crippen LogP contribution in [0.2, 0.25) is 0 Å². The number of carbonyl (C=O) groups is 1. The molecule has 1 aliphatic carbocycles. The summed E-state index contributed by atoms with van der Waals surface area (Å²) < 4.78 is 38.7. The van der Waals surface area contributed by atoms with E-state index >= 15 is 0 Å². The average Bonchev–Trinajstić information content (AvgIpc) is 2.62. The molecular weight excluding hydrogens is 329 g/mol. The van der Waals surface area contributed by atoms with Crippen molar-refractivity contribution in [2.24, 2.45) is 0 Å². The summed E-state index contributed by atoms with van der Waals surface area (Å²) in [6.07, 6.45) is 0.387. The van der Waals surface area contributed by atoms with Gasteiger partial charge in [0.25, 0.3) is 5.91 Å². The largest absolute Gasteiger partial charge is 0.416 e. The van der Waals surface area contributed by atoms with Crippen LogP contribution in [-0.2, 0) is 6.18 Å². The quantitative estimate of drug-likeness (QED) is 0.884. The number of pyridine rings is 1. The zero-order valence-electron chi connectivity index (χ0n) is 13.6. The minimum atomic E-state index is -4.34. The van der Waals surface area contributed by atoms with Crippen molar-refractivity contribution >= 4 is 5.91 Å². The van der Waals surface area contributed by atoms with Gasteiger partial charge in [0.1, 0.15) is 5.69 Å². The molecule has 2 atom stereocenters. The molecule has 0 radical (unpaired) electrons. The highest BCUT2D eigenvalue weighted by Gasteiger charge is 2.32. The molecule has 3 nitrogen and oxygen atoms in total. The van der Waals surface area contributed by atoms with Crippen molar-refractivity contribution in [3.8, 4) is 0 Å². The molecule has 132 valence electrons. The topological polar surface area (TPSA) is 42.0 Å². The van der Waals surface area contributed by atoms with Crippen molar-refractivity contribution < 1.29 is 18.0 Å². The van der Waals surface area contributed by atoms with Gasteiger partial charge in [-0.2, -0.15) is 13.2 Å². The van der Waals surface area contributed by atoms with Gasteiger partial charge in [-0.05, 0) is 48.9 Å². The highest BCUT2D eigenvalue weighted by Crippen LogP contribution is 2.36. The molecule has 1 aliphatic rings. The molecule has 1 N–H and O–H groups in total. The van der Waals surface area contributed by atoms with E-state index in [1.54, 1.807) is 30.5 Å². The Hall–Kier alpha value is -2.37. The Morgan fingerprint density at radius 1 is 1.12 bits per heavy atom. The van der Waals surface area contributed by atoms with Gasteiger partial charge in [0, 0.05) is 12.2 Å². The van der Waals surface area contributed by atoms with Crippen LogP contribution in [0.15, 0.2) is 48.7 Å². The number of nitrogens with one attached hydrogen (secondary N) is 1. The van der Waals surface area contributed by atoms with E-state index in [4.69, 9.17) is 0 Å². The molecule has 1 aromatic heterocycles. The molecule has 3 rings (SSSR count). The highest BCUT2D eigenvalue weighted by atomic mass is 19.4. The third-order valence-corrected chi connectivity index (χ3v) is 4.59. The second-order valence-electron chi connectivity index (χ2n) is 6.37. The summed E-state index contributed by atoms with van der Waals surface area (Å²) in [5.41, 5.74) is 0.417. The number of aromatic nitrogens is 1. The number of carbonyl (C=O) groups excluding carboxylic acids is 1. The molecule has 2 aromatic rings. The molecule has 25 heavy (non-hydrogen) atoms. The van der Waals surface area contributed by atoms with Crippen LogP contribution in [0.25, 0.3) is 0 Å².